The second kappa shape index (κ2) is 11.5. The van der Waals surface area contributed by atoms with Crippen LogP contribution in [0.4, 0.5) is 0 Å². The first kappa shape index (κ1) is 28.7. The quantitative estimate of drug-likeness (QED) is 0.195. The SMILES string of the molecule is Cc1cc(C)cc(-c2ccc3c(c2)c2cc(-c4cc(C)cc(C)c4)ccc2n3-c2ccccc2-c2cnc(-c3ccccc3)nc2)c1. The molecule has 0 aliphatic heterocycles. The smallest absolute Gasteiger partial charge is 0.159 e. The van der Waals surface area contributed by atoms with Gasteiger partial charge in [-0.2, -0.15) is 0 Å². The van der Waals surface area contributed by atoms with Gasteiger partial charge in [0.25, 0.3) is 0 Å². The molecule has 0 aliphatic rings. The van der Waals surface area contributed by atoms with E-state index in [1.54, 1.807) is 0 Å². The fraction of sp³-hybridized carbons (Fsp3) is 0.0909. The van der Waals surface area contributed by atoms with Gasteiger partial charge < -0.3 is 4.57 Å². The number of nitrogens with zero attached hydrogens (tertiary/aromatic N) is 3. The molecule has 0 radical (unpaired) electrons. The lowest BCUT2D eigenvalue weighted by atomic mass is 9.97. The van der Waals surface area contributed by atoms with Crippen LogP contribution in [0.2, 0.25) is 0 Å². The van der Waals surface area contributed by atoms with Crippen LogP contribution in [0.15, 0.2) is 140 Å². The number of aryl methyl sites for hydroxylation is 4. The van der Waals surface area contributed by atoms with Crippen molar-refractivity contribution < 1.29 is 0 Å². The molecule has 0 unspecified atom stereocenters. The largest absolute Gasteiger partial charge is 0.309 e. The molecule has 0 N–H and O–H groups in total. The maximum Gasteiger partial charge on any atom is 0.159 e. The molecule has 2 heterocycles. The highest BCUT2D eigenvalue weighted by molar-refractivity contribution is 6.12. The van der Waals surface area contributed by atoms with Crippen molar-refractivity contribution in [1.29, 1.82) is 0 Å². The second-order valence-electron chi connectivity index (χ2n) is 12.7. The van der Waals surface area contributed by atoms with Crippen molar-refractivity contribution in [2.75, 3.05) is 0 Å². The first-order chi connectivity index (χ1) is 22.9. The fourth-order valence-corrected chi connectivity index (χ4v) is 7.04. The third kappa shape index (κ3) is 5.30. The Labute approximate surface area is 275 Å². The molecule has 0 saturated carbocycles. The maximum absolute atomic E-state index is 4.77. The Kier molecular flexibility index (Phi) is 7.03. The van der Waals surface area contributed by atoms with Crippen LogP contribution in [-0.2, 0) is 0 Å². The normalized spacial score (nSPS) is 11.4. The van der Waals surface area contributed by atoms with E-state index < -0.39 is 0 Å². The molecule has 226 valence electrons. The van der Waals surface area contributed by atoms with Crippen LogP contribution in [0.1, 0.15) is 22.3 Å². The highest BCUT2D eigenvalue weighted by Crippen LogP contribution is 2.40. The number of benzene rings is 6. The zero-order chi connectivity index (χ0) is 32.1. The molecular formula is C44H35N3. The lowest BCUT2D eigenvalue weighted by Crippen LogP contribution is -1.98. The summed E-state index contributed by atoms with van der Waals surface area (Å²) in [5.41, 5.74) is 16.5. The third-order valence-corrected chi connectivity index (χ3v) is 9.01. The van der Waals surface area contributed by atoms with E-state index in [-0.39, 0.29) is 0 Å². The molecule has 47 heavy (non-hydrogen) atoms. The van der Waals surface area contributed by atoms with Crippen molar-refractivity contribution in [3.05, 3.63) is 162 Å². The minimum atomic E-state index is 0.724. The average molecular weight is 606 g/mol. The Morgan fingerprint density at radius 1 is 0.404 bits per heavy atom. The number of hydrogen-bond acceptors (Lipinski definition) is 2. The molecule has 0 spiro atoms. The Morgan fingerprint density at radius 3 is 1.43 bits per heavy atom. The predicted octanol–water partition coefficient (Wildman–Crippen LogP) is 11.5. The van der Waals surface area contributed by atoms with E-state index in [1.165, 1.54) is 66.3 Å². The fourth-order valence-electron chi connectivity index (χ4n) is 7.04. The van der Waals surface area contributed by atoms with Gasteiger partial charge in [-0.3, -0.25) is 0 Å². The Bertz CT molecular complexity index is 2280. The lowest BCUT2D eigenvalue weighted by molar-refractivity contribution is 1.15. The summed E-state index contributed by atoms with van der Waals surface area (Å²) in [7, 11) is 0. The summed E-state index contributed by atoms with van der Waals surface area (Å²) >= 11 is 0. The molecule has 3 heteroatoms. The third-order valence-electron chi connectivity index (χ3n) is 9.01. The molecule has 8 rings (SSSR count). The Balaban J connectivity index is 1.35. The minimum Gasteiger partial charge on any atom is -0.309 e. The molecule has 8 aromatic rings. The van der Waals surface area contributed by atoms with Crippen LogP contribution in [0.3, 0.4) is 0 Å². The summed E-state index contributed by atoms with van der Waals surface area (Å²) in [6.07, 6.45) is 3.89. The van der Waals surface area contributed by atoms with E-state index in [2.05, 4.69) is 129 Å². The van der Waals surface area contributed by atoms with Crippen LogP contribution in [0.25, 0.3) is 72.3 Å². The van der Waals surface area contributed by atoms with Crippen molar-refractivity contribution in [1.82, 2.24) is 14.5 Å². The summed E-state index contributed by atoms with van der Waals surface area (Å²) in [6.45, 7) is 8.68. The van der Waals surface area contributed by atoms with Gasteiger partial charge in [0, 0.05) is 39.9 Å². The Morgan fingerprint density at radius 2 is 0.894 bits per heavy atom. The number of rotatable bonds is 5. The summed E-state index contributed by atoms with van der Waals surface area (Å²) in [4.78, 5) is 9.54. The van der Waals surface area contributed by atoms with Gasteiger partial charge >= 0.3 is 0 Å². The van der Waals surface area contributed by atoms with E-state index >= 15 is 0 Å². The van der Waals surface area contributed by atoms with Gasteiger partial charge in [0.05, 0.1) is 16.7 Å². The summed E-state index contributed by atoms with van der Waals surface area (Å²) in [5, 5.41) is 2.46. The molecule has 0 aliphatic carbocycles. The molecule has 3 nitrogen and oxygen atoms in total. The standard InChI is InChI=1S/C44H35N3/c1-28-18-29(2)21-35(20-28)33-14-16-42-39(24-33)40-25-34(36-22-30(3)19-31(4)23-36)15-17-43(40)47(42)41-13-9-8-12-38(41)37-26-45-44(46-27-37)32-10-6-5-7-11-32/h5-27H,1-4H3. The molecule has 2 aromatic heterocycles. The topological polar surface area (TPSA) is 30.7 Å². The first-order valence-corrected chi connectivity index (χ1v) is 16.1. The van der Waals surface area contributed by atoms with Crippen LogP contribution >= 0.6 is 0 Å². The summed E-state index contributed by atoms with van der Waals surface area (Å²) in [5.74, 6) is 0.724. The van der Waals surface area contributed by atoms with Crippen molar-refractivity contribution in [3.63, 3.8) is 0 Å². The van der Waals surface area contributed by atoms with Crippen LogP contribution in [0.5, 0.6) is 0 Å². The average Bonchev–Trinajstić information content (AvgIpc) is 3.41. The molecule has 0 fully saturated rings. The van der Waals surface area contributed by atoms with Crippen molar-refractivity contribution in [2.24, 2.45) is 0 Å². The van der Waals surface area contributed by atoms with E-state index in [0.29, 0.717) is 0 Å². The highest BCUT2D eigenvalue weighted by Gasteiger charge is 2.18. The van der Waals surface area contributed by atoms with E-state index in [0.717, 1.165) is 28.2 Å². The van der Waals surface area contributed by atoms with Gasteiger partial charge in [0.1, 0.15) is 0 Å². The first-order valence-electron chi connectivity index (χ1n) is 16.1. The molecule has 0 atom stereocenters. The van der Waals surface area contributed by atoms with E-state index in [4.69, 9.17) is 9.97 Å². The van der Waals surface area contributed by atoms with Crippen molar-refractivity contribution >= 4 is 21.8 Å². The lowest BCUT2D eigenvalue weighted by Gasteiger charge is -2.14. The van der Waals surface area contributed by atoms with Crippen LogP contribution < -0.4 is 0 Å². The maximum atomic E-state index is 4.77. The van der Waals surface area contributed by atoms with Gasteiger partial charge in [-0.05, 0) is 80.3 Å². The van der Waals surface area contributed by atoms with Gasteiger partial charge in [0.15, 0.2) is 5.82 Å². The second-order valence-corrected chi connectivity index (χ2v) is 12.7. The number of fused-ring (bicyclic) bond motifs is 3. The van der Waals surface area contributed by atoms with E-state index in [9.17, 15) is 0 Å². The molecule has 0 bridgehead atoms. The van der Waals surface area contributed by atoms with Gasteiger partial charge in [-0.25, -0.2) is 9.97 Å². The number of aromatic nitrogens is 3. The van der Waals surface area contributed by atoms with Gasteiger partial charge in [-0.15, -0.1) is 0 Å². The Hall–Kier alpha value is -5.80. The monoisotopic (exact) mass is 605 g/mol. The number of hydrogen-bond donors (Lipinski definition) is 0. The number of para-hydroxylation sites is 1. The molecular weight excluding hydrogens is 571 g/mol. The van der Waals surface area contributed by atoms with Crippen molar-refractivity contribution in [2.45, 2.75) is 27.7 Å². The zero-order valence-electron chi connectivity index (χ0n) is 27.1. The highest BCUT2D eigenvalue weighted by atomic mass is 15.0. The van der Waals surface area contributed by atoms with E-state index in [1.807, 2.05) is 42.7 Å². The van der Waals surface area contributed by atoms with Crippen LogP contribution in [-0.4, -0.2) is 14.5 Å². The molecule has 6 aromatic carbocycles. The summed E-state index contributed by atoms with van der Waals surface area (Å²) in [6, 6.07) is 46.1. The van der Waals surface area contributed by atoms with Gasteiger partial charge in [0.2, 0.25) is 0 Å². The molecule has 0 amide bonds. The zero-order valence-corrected chi connectivity index (χ0v) is 27.1. The van der Waals surface area contributed by atoms with Crippen LogP contribution in [0, 0.1) is 27.7 Å². The van der Waals surface area contributed by atoms with Crippen molar-refractivity contribution in [3.8, 4) is 50.5 Å². The predicted molar refractivity (Wildman–Crippen MR) is 197 cm³/mol. The molecule has 0 saturated heterocycles. The summed E-state index contributed by atoms with van der Waals surface area (Å²) < 4.78 is 2.40. The van der Waals surface area contributed by atoms with Gasteiger partial charge in [-0.1, -0.05) is 119 Å². The minimum absolute atomic E-state index is 0.724.